The molecule has 2 aliphatic rings. The number of nitrogens with zero attached hydrogens (tertiary/aromatic N) is 3. The van der Waals surface area contributed by atoms with Crippen molar-refractivity contribution in [3.8, 4) is 0 Å². The van der Waals surface area contributed by atoms with E-state index in [1.54, 1.807) is 6.20 Å². The maximum atomic E-state index is 11.6. The Morgan fingerprint density at radius 1 is 1.12 bits per heavy atom. The molecule has 1 unspecified atom stereocenters. The largest absolute Gasteiger partial charge is 0.303 e. The highest BCUT2D eigenvalue weighted by Gasteiger charge is 2.30. The summed E-state index contributed by atoms with van der Waals surface area (Å²) in [5.41, 5.74) is 1.97. The van der Waals surface area contributed by atoms with Gasteiger partial charge in [0.05, 0.1) is 11.5 Å². The highest BCUT2D eigenvalue weighted by molar-refractivity contribution is 7.91. The van der Waals surface area contributed by atoms with E-state index in [9.17, 15) is 8.42 Å². The molecule has 2 aromatic heterocycles. The second kappa shape index (κ2) is 6.41. The minimum Gasteiger partial charge on any atom is -0.303 e. The van der Waals surface area contributed by atoms with Crippen molar-refractivity contribution in [2.45, 2.75) is 25.2 Å². The first-order valence-electron chi connectivity index (χ1n) is 8.73. The predicted octanol–water partition coefficient (Wildman–Crippen LogP) is 2.24. The van der Waals surface area contributed by atoms with E-state index < -0.39 is 9.84 Å². The van der Waals surface area contributed by atoms with Crippen molar-refractivity contribution in [1.82, 2.24) is 14.9 Å². The van der Waals surface area contributed by atoms with Crippen LogP contribution in [0.5, 0.6) is 0 Å². The van der Waals surface area contributed by atoms with Gasteiger partial charge < -0.3 is 4.90 Å². The van der Waals surface area contributed by atoms with Gasteiger partial charge in [0, 0.05) is 29.7 Å². The van der Waals surface area contributed by atoms with E-state index in [0.717, 1.165) is 55.6 Å². The topological polar surface area (TPSA) is 63.2 Å². The Labute approximate surface area is 143 Å². The molecule has 1 atom stereocenters. The average Bonchev–Trinajstić information content (AvgIpc) is 2.94. The smallest absolute Gasteiger partial charge is 0.159 e. The molecule has 24 heavy (non-hydrogen) atoms. The lowest BCUT2D eigenvalue weighted by Crippen LogP contribution is -2.37. The van der Waals surface area contributed by atoms with Crippen LogP contribution < -0.4 is 0 Å². The van der Waals surface area contributed by atoms with Crippen LogP contribution in [0.4, 0.5) is 0 Å². The van der Waals surface area contributed by atoms with Gasteiger partial charge in [-0.25, -0.2) is 18.4 Å². The summed E-state index contributed by atoms with van der Waals surface area (Å²) in [7, 11) is -2.76. The van der Waals surface area contributed by atoms with Gasteiger partial charge in [-0.05, 0) is 62.5 Å². The van der Waals surface area contributed by atoms with Crippen LogP contribution in [0.1, 0.15) is 30.9 Å². The van der Waals surface area contributed by atoms with Crippen molar-refractivity contribution >= 4 is 20.9 Å². The Morgan fingerprint density at radius 3 is 2.71 bits per heavy atom. The molecule has 4 rings (SSSR count). The zero-order valence-corrected chi connectivity index (χ0v) is 14.6. The Kier molecular flexibility index (Phi) is 4.26. The average molecular weight is 345 g/mol. The lowest BCUT2D eigenvalue weighted by molar-refractivity contribution is 0.188. The third-order valence-electron chi connectivity index (χ3n) is 5.33. The summed E-state index contributed by atoms with van der Waals surface area (Å²) in [5, 5.41) is 1.08. The molecule has 128 valence electrons. The number of fused-ring (bicyclic) bond motifs is 1. The van der Waals surface area contributed by atoms with E-state index in [4.69, 9.17) is 4.98 Å². The number of sulfone groups is 1. The van der Waals surface area contributed by atoms with Gasteiger partial charge >= 0.3 is 0 Å². The van der Waals surface area contributed by atoms with Gasteiger partial charge in [0.2, 0.25) is 0 Å². The summed E-state index contributed by atoms with van der Waals surface area (Å²) in [4.78, 5) is 11.5. The van der Waals surface area contributed by atoms with Crippen molar-refractivity contribution in [1.29, 1.82) is 0 Å². The molecule has 2 aromatic rings. The second-order valence-corrected chi connectivity index (χ2v) is 9.36. The number of pyridine rings is 2. The molecule has 2 fully saturated rings. The molecule has 0 amide bonds. The second-order valence-electron chi connectivity index (χ2n) is 7.13. The highest BCUT2D eigenvalue weighted by atomic mass is 32.2. The third kappa shape index (κ3) is 3.44. The van der Waals surface area contributed by atoms with Crippen molar-refractivity contribution < 1.29 is 8.42 Å². The number of likely N-dealkylation sites (tertiary alicyclic amines) is 1. The number of rotatable bonds is 3. The van der Waals surface area contributed by atoms with Crippen molar-refractivity contribution in [2.75, 3.05) is 31.1 Å². The molecule has 0 aromatic carbocycles. The Balaban J connectivity index is 1.37. The van der Waals surface area contributed by atoms with Gasteiger partial charge in [-0.1, -0.05) is 0 Å². The lowest BCUT2D eigenvalue weighted by atomic mass is 9.92. The molecule has 2 saturated heterocycles. The zero-order valence-electron chi connectivity index (χ0n) is 13.8. The molecule has 0 N–H and O–H groups in total. The summed E-state index contributed by atoms with van der Waals surface area (Å²) in [5.74, 6) is 1.57. The zero-order chi connectivity index (χ0) is 16.6. The number of hydrogen-bond donors (Lipinski definition) is 0. The van der Waals surface area contributed by atoms with E-state index in [2.05, 4.69) is 22.0 Å². The minimum atomic E-state index is -2.76. The first-order valence-corrected chi connectivity index (χ1v) is 10.6. The van der Waals surface area contributed by atoms with Crippen LogP contribution in [0.3, 0.4) is 0 Å². The number of piperidine rings is 1. The van der Waals surface area contributed by atoms with Crippen LogP contribution in [-0.4, -0.2) is 54.4 Å². The summed E-state index contributed by atoms with van der Waals surface area (Å²) < 4.78 is 23.2. The summed E-state index contributed by atoms with van der Waals surface area (Å²) >= 11 is 0. The first-order chi connectivity index (χ1) is 11.6. The summed E-state index contributed by atoms with van der Waals surface area (Å²) in [6.45, 7) is 2.99. The van der Waals surface area contributed by atoms with Crippen molar-refractivity contribution in [3.63, 3.8) is 0 Å². The normalized spacial score (nSPS) is 25.2. The standard InChI is InChI=1S/C18H23N3O2S/c22-24(23)11-7-14(13-24)12-21-9-5-15(6-10-21)17-4-3-16-2-1-8-19-18(16)20-17/h1-4,8,14-15H,5-7,9-13H2. The van der Waals surface area contributed by atoms with Crippen LogP contribution >= 0.6 is 0 Å². The first kappa shape index (κ1) is 16.0. The maximum absolute atomic E-state index is 11.6. The lowest BCUT2D eigenvalue weighted by Gasteiger charge is -2.33. The maximum Gasteiger partial charge on any atom is 0.159 e. The monoisotopic (exact) mass is 345 g/mol. The van der Waals surface area contributed by atoms with Gasteiger partial charge in [-0.2, -0.15) is 0 Å². The fourth-order valence-electron chi connectivity index (χ4n) is 3.99. The van der Waals surface area contributed by atoms with E-state index in [1.165, 1.54) is 0 Å². The van der Waals surface area contributed by atoms with E-state index in [0.29, 0.717) is 23.3 Å². The van der Waals surface area contributed by atoms with Gasteiger partial charge in [-0.15, -0.1) is 0 Å². The van der Waals surface area contributed by atoms with Gasteiger partial charge in [0.1, 0.15) is 0 Å². The van der Waals surface area contributed by atoms with E-state index in [-0.39, 0.29) is 0 Å². The van der Waals surface area contributed by atoms with Crippen LogP contribution in [0.25, 0.3) is 11.0 Å². The van der Waals surface area contributed by atoms with Crippen LogP contribution in [0.2, 0.25) is 0 Å². The fourth-order valence-corrected chi connectivity index (χ4v) is 5.84. The van der Waals surface area contributed by atoms with E-state index >= 15 is 0 Å². The molecule has 0 aliphatic carbocycles. The molecule has 4 heterocycles. The molecule has 5 nitrogen and oxygen atoms in total. The van der Waals surface area contributed by atoms with Gasteiger partial charge in [0.15, 0.2) is 15.5 Å². The summed E-state index contributed by atoms with van der Waals surface area (Å²) in [6, 6.07) is 8.22. The molecule has 6 heteroatoms. The Hall–Kier alpha value is -1.53. The SMILES string of the molecule is O=S1(=O)CCC(CN2CCC(c3ccc4cccnc4n3)CC2)C1. The fraction of sp³-hybridized carbons (Fsp3) is 0.556. The third-order valence-corrected chi connectivity index (χ3v) is 7.17. The Morgan fingerprint density at radius 2 is 1.96 bits per heavy atom. The van der Waals surface area contributed by atoms with Gasteiger partial charge in [0.25, 0.3) is 0 Å². The highest BCUT2D eigenvalue weighted by Crippen LogP contribution is 2.29. The minimum absolute atomic E-state index is 0.328. The quantitative estimate of drug-likeness (QED) is 0.854. The van der Waals surface area contributed by atoms with Crippen molar-refractivity contribution in [3.05, 3.63) is 36.2 Å². The van der Waals surface area contributed by atoms with Gasteiger partial charge in [-0.3, -0.25) is 0 Å². The molecule has 0 bridgehead atoms. The predicted molar refractivity (Wildman–Crippen MR) is 94.7 cm³/mol. The molecular formula is C18H23N3O2S. The summed E-state index contributed by atoms with van der Waals surface area (Å²) in [6.07, 6.45) is 4.80. The molecular weight excluding hydrogens is 322 g/mol. The van der Waals surface area contributed by atoms with Crippen LogP contribution in [0, 0.1) is 5.92 Å². The molecule has 0 saturated carbocycles. The number of hydrogen-bond acceptors (Lipinski definition) is 5. The molecule has 0 radical (unpaired) electrons. The molecule has 2 aliphatic heterocycles. The Bertz CT molecular complexity index is 829. The van der Waals surface area contributed by atoms with Crippen LogP contribution in [0.15, 0.2) is 30.5 Å². The molecule has 0 spiro atoms. The number of aromatic nitrogens is 2. The van der Waals surface area contributed by atoms with Crippen LogP contribution in [-0.2, 0) is 9.84 Å². The van der Waals surface area contributed by atoms with Crippen molar-refractivity contribution in [2.24, 2.45) is 5.92 Å². The van der Waals surface area contributed by atoms with E-state index in [1.807, 2.05) is 12.1 Å².